The molecule has 1 heterocycles. The molecule has 0 bridgehead atoms. The number of ether oxygens (including phenoxy) is 1. The number of rotatable bonds is 9. The first-order chi connectivity index (χ1) is 16.6. The van der Waals surface area contributed by atoms with Gasteiger partial charge in [0.15, 0.2) is 5.78 Å². The Labute approximate surface area is 215 Å². The largest absolute Gasteiger partial charge is 0.507 e. The number of esters is 1. The molecular formula is C29H43N3O4. The van der Waals surface area contributed by atoms with Gasteiger partial charge in [0, 0.05) is 29.4 Å². The van der Waals surface area contributed by atoms with E-state index in [4.69, 9.17) is 10.1 Å². The van der Waals surface area contributed by atoms with Crippen molar-refractivity contribution < 1.29 is 19.4 Å². The van der Waals surface area contributed by atoms with Crippen LogP contribution in [0.2, 0.25) is 0 Å². The van der Waals surface area contributed by atoms with Crippen LogP contribution in [0.15, 0.2) is 24.5 Å². The van der Waals surface area contributed by atoms with Crippen molar-refractivity contribution in [2.75, 3.05) is 6.61 Å². The molecule has 0 aliphatic carbocycles. The molecule has 2 N–H and O–H groups in total. The predicted octanol–water partition coefficient (Wildman–Crippen LogP) is 5.64. The summed E-state index contributed by atoms with van der Waals surface area (Å²) in [5.41, 5.74) is 1.79. The first-order valence-electron chi connectivity index (χ1n) is 12.8. The minimum atomic E-state index is -0.567. The number of Topliss-reactive ketones (excluding diaryl/α,β-unsaturated/α-hetero) is 1. The molecule has 7 heteroatoms. The maximum Gasteiger partial charge on any atom is 0.355 e. The fraction of sp³-hybridized carbons (Fsp3) is 0.552. The summed E-state index contributed by atoms with van der Waals surface area (Å²) in [7, 11) is 0. The van der Waals surface area contributed by atoms with E-state index in [1.807, 2.05) is 67.5 Å². The highest BCUT2D eigenvalue weighted by molar-refractivity contribution is 6.15. The lowest BCUT2D eigenvalue weighted by Gasteiger charge is -2.28. The summed E-state index contributed by atoms with van der Waals surface area (Å²) in [4.78, 5) is 25.7. The van der Waals surface area contributed by atoms with Crippen LogP contribution in [0, 0.1) is 11.3 Å². The summed E-state index contributed by atoms with van der Waals surface area (Å²) in [6.07, 6.45) is 6.46. The second-order valence-electron chi connectivity index (χ2n) is 11.3. The number of aromatic hydroxyl groups is 1. The van der Waals surface area contributed by atoms with Crippen molar-refractivity contribution in [1.82, 2.24) is 9.13 Å². The van der Waals surface area contributed by atoms with Crippen LogP contribution in [-0.2, 0) is 31.7 Å². The van der Waals surface area contributed by atoms with Crippen molar-refractivity contribution in [2.45, 2.75) is 92.5 Å². The van der Waals surface area contributed by atoms with E-state index in [0.717, 1.165) is 29.5 Å². The first kappa shape index (κ1) is 29.1. The summed E-state index contributed by atoms with van der Waals surface area (Å²) < 4.78 is 8.32. The van der Waals surface area contributed by atoms with Gasteiger partial charge in [-0.25, -0.2) is 4.79 Å². The standard InChI is InChI=1S/C29H43N3O4/c1-10-20(11-2)24(33)18-31-13-14-32(27(31)30)23(26(35)36-12-3)17-19-15-21(28(4,5)6)25(34)22(16-19)29(7,8)9/h13-17,20,30,34H,10-12,18H2,1-9H3/b23-17+,30-27?. The van der Waals surface area contributed by atoms with Crippen molar-refractivity contribution in [3.8, 4) is 5.75 Å². The van der Waals surface area contributed by atoms with E-state index >= 15 is 0 Å². The second kappa shape index (κ2) is 11.3. The minimum absolute atomic E-state index is 0.0134. The van der Waals surface area contributed by atoms with Crippen molar-refractivity contribution in [3.05, 3.63) is 46.8 Å². The van der Waals surface area contributed by atoms with E-state index in [9.17, 15) is 14.7 Å². The van der Waals surface area contributed by atoms with Gasteiger partial charge in [-0.2, -0.15) is 0 Å². The highest BCUT2D eigenvalue weighted by Gasteiger charge is 2.27. The van der Waals surface area contributed by atoms with Crippen LogP contribution in [0.3, 0.4) is 0 Å². The summed E-state index contributed by atoms with van der Waals surface area (Å²) in [5, 5.41) is 19.8. The Morgan fingerprint density at radius 1 is 1.00 bits per heavy atom. The van der Waals surface area contributed by atoms with Gasteiger partial charge in [-0.15, -0.1) is 0 Å². The highest BCUT2D eigenvalue weighted by atomic mass is 16.5. The molecule has 0 aliphatic rings. The molecular weight excluding hydrogens is 454 g/mol. The number of phenols is 1. The third-order valence-corrected chi connectivity index (χ3v) is 6.46. The molecule has 36 heavy (non-hydrogen) atoms. The number of ketones is 1. The maximum atomic E-state index is 13.0. The lowest BCUT2D eigenvalue weighted by atomic mass is 9.78. The molecule has 0 saturated carbocycles. The van der Waals surface area contributed by atoms with Gasteiger partial charge in [0.1, 0.15) is 11.4 Å². The number of aromatic nitrogens is 2. The van der Waals surface area contributed by atoms with Crippen molar-refractivity contribution in [1.29, 1.82) is 5.41 Å². The van der Waals surface area contributed by atoms with Crippen molar-refractivity contribution in [3.63, 3.8) is 0 Å². The Hall–Kier alpha value is -3.09. The van der Waals surface area contributed by atoms with E-state index < -0.39 is 5.97 Å². The summed E-state index contributed by atoms with van der Waals surface area (Å²) in [6.45, 7) is 18.2. The number of nitrogens with zero attached hydrogens (tertiary/aromatic N) is 2. The molecule has 1 aromatic carbocycles. The number of hydrogen-bond donors (Lipinski definition) is 2. The third kappa shape index (κ3) is 6.56. The highest BCUT2D eigenvalue weighted by Crippen LogP contribution is 2.40. The van der Waals surface area contributed by atoms with Crippen molar-refractivity contribution >= 4 is 23.5 Å². The fourth-order valence-corrected chi connectivity index (χ4v) is 4.26. The van der Waals surface area contributed by atoms with Crippen LogP contribution in [0.25, 0.3) is 11.8 Å². The number of carbonyl (C=O) groups is 2. The summed E-state index contributed by atoms with van der Waals surface area (Å²) >= 11 is 0. The SMILES string of the molecule is CCOC(=O)/C(=C\c1cc(C(C)(C)C)c(O)c(C(C)(C)C)c1)n1ccn(CC(=O)C(CC)CC)c1=N. The molecule has 0 saturated heterocycles. The van der Waals surface area contributed by atoms with Gasteiger partial charge < -0.3 is 14.4 Å². The molecule has 198 valence electrons. The third-order valence-electron chi connectivity index (χ3n) is 6.46. The average molecular weight is 498 g/mol. The molecule has 2 aromatic rings. The molecule has 0 unspecified atom stereocenters. The Bertz CT molecular complexity index is 1150. The fourth-order valence-electron chi connectivity index (χ4n) is 4.26. The first-order valence-corrected chi connectivity index (χ1v) is 12.8. The monoisotopic (exact) mass is 497 g/mol. The lowest BCUT2D eigenvalue weighted by molar-refractivity contribution is -0.136. The summed E-state index contributed by atoms with van der Waals surface area (Å²) in [6, 6.07) is 3.75. The van der Waals surface area contributed by atoms with Crippen LogP contribution in [0.1, 0.15) is 91.8 Å². The van der Waals surface area contributed by atoms with E-state index in [1.165, 1.54) is 4.57 Å². The Morgan fingerprint density at radius 3 is 1.97 bits per heavy atom. The van der Waals surface area contributed by atoms with E-state index in [1.54, 1.807) is 30.0 Å². The Kier molecular flexibility index (Phi) is 9.16. The van der Waals surface area contributed by atoms with Gasteiger partial charge >= 0.3 is 5.97 Å². The molecule has 2 rings (SSSR count). The van der Waals surface area contributed by atoms with E-state index in [-0.39, 0.29) is 52.7 Å². The quantitative estimate of drug-likeness (QED) is 0.346. The van der Waals surface area contributed by atoms with Gasteiger partial charge in [-0.05, 0) is 54.4 Å². The van der Waals surface area contributed by atoms with Gasteiger partial charge in [-0.1, -0.05) is 55.4 Å². The number of imidazole rings is 1. The molecule has 1 aromatic heterocycles. The van der Waals surface area contributed by atoms with E-state index in [0.29, 0.717) is 0 Å². The number of nitrogens with one attached hydrogen (secondary N) is 1. The number of benzene rings is 1. The molecule has 0 spiro atoms. The van der Waals surface area contributed by atoms with Gasteiger partial charge in [-0.3, -0.25) is 14.8 Å². The lowest BCUT2D eigenvalue weighted by Crippen LogP contribution is -2.30. The molecule has 0 amide bonds. The normalized spacial score (nSPS) is 12.8. The maximum absolute atomic E-state index is 13.0. The predicted molar refractivity (Wildman–Crippen MR) is 144 cm³/mol. The van der Waals surface area contributed by atoms with Crippen LogP contribution >= 0.6 is 0 Å². The van der Waals surface area contributed by atoms with Gasteiger partial charge in [0.05, 0.1) is 13.2 Å². The molecule has 0 aliphatic heterocycles. The summed E-state index contributed by atoms with van der Waals surface area (Å²) in [5.74, 6) is -0.294. The Balaban J connectivity index is 2.70. The second-order valence-corrected chi connectivity index (χ2v) is 11.3. The smallest absolute Gasteiger partial charge is 0.355 e. The zero-order valence-electron chi connectivity index (χ0n) is 23.4. The van der Waals surface area contributed by atoms with Crippen LogP contribution in [0.4, 0.5) is 0 Å². The van der Waals surface area contributed by atoms with Gasteiger partial charge in [0.2, 0.25) is 5.62 Å². The number of phenolic OH excluding ortho intramolecular Hbond substituents is 1. The minimum Gasteiger partial charge on any atom is -0.507 e. The van der Waals surface area contributed by atoms with Crippen molar-refractivity contribution in [2.24, 2.45) is 5.92 Å². The molecule has 0 radical (unpaired) electrons. The number of hydrogen-bond acceptors (Lipinski definition) is 5. The van der Waals surface area contributed by atoms with Gasteiger partial charge in [0.25, 0.3) is 0 Å². The topological polar surface area (TPSA) is 97.3 Å². The zero-order valence-corrected chi connectivity index (χ0v) is 23.4. The molecule has 7 nitrogen and oxygen atoms in total. The zero-order chi connectivity index (χ0) is 27.4. The van der Waals surface area contributed by atoms with Crippen LogP contribution < -0.4 is 5.62 Å². The molecule has 0 fully saturated rings. The number of carbonyl (C=O) groups excluding carboxylic acids is 2. The Morgan fingerprint density at radius 2 is 1.53 bits per heavy atom. The van der Waals surface area contributed by atoms with E-state index in [2.05, 4.69) is 0 Å². The molecule has 0 atom stereocenters. The van der Waals surface area contributed by atoms with Crippen LogP contribution in [-0.4, -0.2) is 32.6 Å². The average Bonchev–Trinajstić information content (AvgIpc) is 3.12. The van der Waals surface area contributed by atoms with Crippen LogP contribution in [0.5, 0.6) is 5.75 Å².